The number of aryl methyl sites for hydroxylation is 1. The van der Waals surface area contributed by atoms with Crippen molar-refractivity contribution in [2.75, 3.05) is 0 Å². The number of benzene rings is 1. The van der Waals surface area contributed by atoms with Gasteiger partial charge in [-0.15, -0.1) is 0 Å². The molecule has 0 heterocycles. The average Bonchev–Trinajstić information content (AvgIpc) is 2.17. The quantitative estimate of drug-likeness (QED) is 0.730. The van der Waals surface area contributed by atoms with Gasteiger partial charge in [-0.3, -0.25) is 0 Å². The fourth-order valence-electron chi connectivity index (χ4n) is 1.25. The van der Waals surface area contributed by atoms with Crippen LogP contribution in [0.2, 0.25) is 0 Å². The lowest BCUT2D eigenvalue weighted by atomic mass is 10.1. The zero-order valence-electron chi connectivity index (χ0n) is 7.96. The molecular formula is C12H15Br. The van der Waals surface area contributed by atoms with Gasteiger partial charge in [0.1, 0.15) is 0 Å². The van der Waals surface area contributed by atoms with Crippen LogP contribution in [-0.2, 0) is 6.42 Å². The predicted octanol–water partition coefficient (Wildman–Crippen LogP) is 4.39. The van der Waals surface area contributed by atoms with E-state index in [1.165, 1.54) is 30.4 Å². The Balaban J connectivity index is 2.58. The summed E-state index contributed by atoms with van der Waals surface area (Å²) in [5.41, 5.74) is 2.69. The molecule has 0 aliphatic heterocycles. The van der Waals surface area contributed by atoms with Crippen LogP contribution >= 0.6 is 15.9 Å². The Kier molecular flexibility index (Phi) is 4.84. The van der Waals surface area contributed by atoms with Gasteiger partial charge >= 0.3 is 0 Å². The van der Waals surface area contributed by atoms with Crippen molar-refractivity contribution in [1.29, 1.82) is 0 Å². The lowest BCUT2D eigenvalue weighted by molar-refractivity contribution is 0.795. The van der Waals surface area contributed by atoms with Gasteiger partial charge in [0.25, 0.3) is 0 Å². The van der Waals surface area contributed by atoms with Crippen molar-refractivity contribution in [2.45, 2.75) is 26.2 Å². The SMILES string of the molecule is CCCCc1ccc(C=CBr)cc1. The molecular weight excluding hydrogens is 224 g/mol. The molecule has 0 N–H and O–H groups in total. The largest absolute Gasteiger partial charge is 0.0654 e. The molecule has 0 nitrogen and oxygen atoms in total. The van der Waals surface area contributed by atoms with Crippen molar-refractivity contribution in [2.24, 2.45) is 0 Å². The van der Waals surface area contributed by atoms with Gasteiger partial charge in [0, 0.05) is 0 Å². The van der Waals surface area contributed by atoms with E-state index in [4.69, 9.17) is 0 Å². The van der Waals surface area contributed by atoms with Crippen LogP contribution in [-0.4, -0.2) is 0 Å². The molecule has 0 aliphatic carbocycles. The maximum atomic E-state index is 3.27. The van der Waals surface area contributed by atoms with Crippen LogP contribution in [0, 0.1) is 0 Å². The summed E-state index contributed by atoms with van der Waals surface area (Å²) in [4.78, 5) is 1.88. The van der Waals surface area contributed by atoms with Gasteiger partial charge < -0.3 is 0 Å². The molecule has 1 rings (SSSR count). The number of halogens is 1. The van der Waals surface area contributed by atoms with E-state index in [9.17, 15) is 0 Å². The van der Waals surface area contributed by atoms with Gasteiger partial charge in [0.15, 0.2) is 0 Å². The Morgan fingerprint density at radius 1 is 1.23 bits per heavy atom. The molecule has 1 heteroatoms. The summed E-state index contributed by atoms with van der Waals surface area (Å²) in [6.07, 6.45) is 5.80. The number of hydrogen-bond acceptors (Lipinski definition) is 0. The van der Waals surface area contributed by atoms with Gasteiger partial charge in [-0.05, 0) is 35.0 Å². The molecule has 70 valence electrons. The number of rotatable bonds is 4. The lowest BCUT2D eigenvalue weighted by Crippen LogP contribution is -1.83. The summed E-state index contributed by atoms with van der Waals surface area (Å²) in [7, 11) is 0. The number of hydrogen-bond donors (Lipinski definition) is 0. The summed E-state index contributed by atoms with van der Waals surface area (Å²) in [6, 6.07) is 8.72. The monoisotopic (exact) mass is 238 g/mol. The highest BCUT2D eigenvalue weighted by Crippen LogP contribution is 2.09. The van der Waals surface area contributed by atoms with E-state index in [2.05, 4.69) is 47.1 Å². The lowest BCUT2D eigenvalue weighted by Gasteiger charge is -1.99. The summed E-state index contributed by atoms with van der Waals surface area (Å²) in [5, 5.41) is 0. The first-order chi connectivity index (χ1) is 6.36. The second kappa shape index (κ2) is 5.98. The van der Waals surface area contributed by atoms with Gasteiger partial charge in [0.05, 0.1) is 0 Å². The molecule has 13 heavy (non-hydrogen) atoms. The third kappa shape index (κ3) is 3.77. The van der Waals surface area contributed by atoms with E-state index in [1.807, 2.05) is 11.1 Å². The van der Waals surface area contributed by atoms with Gasteiger partial charge in [-0.2, -0.15) is 0 Å². The van der Waals surface area contributed by atoms with E-state index in [-0.39, 0.29) is 0 Å². The normalized spacial score (nSPS) is 10.9. The second-order valence-electron chi connectivity index (χ2n) is 3.14. The van der Waals surface area contributed by atoms with Crippen LogP contribution in [0.15, 0.2) is 29.3 Å². The first kappa shape index (κ1) is 10.5. The van der Waals surface area contributed by atoms with Gasteiger partial charge in [-0.25, -0.2) is 0 Å². The molecule has 1 aromatic carbocycles. The van der Waals surface area contributed by atoms with E-state index in [0.717, 1.165) is 0 Å². The zero-order chi connectivity index (χ0) is 9.52. The van der Waals surface area contributed by atoms with E-state index in [0.29, 0.717) is 0 Å². The van der Waals surface area contributed by atoms with Crippen molar-refractivity contribution >= 4 is 22.0 Å². The van der Waals surface area contributed by atoms with Crippen molar-refractivity contribution < 1.29 is 0 Å². The minimum atomic E-state index is 1.20. The van der Waals surface area contributed by atoms with E-state index < -0.39 is 0 Å². The van der Waals surface area contributed by atoms with Crippen molar-refractivity contribution in [3.05, 3.63) is 40.4 Å². The predicted molar refractivity (Wildman–Crippen MR) is 63.0 cm³/mol. The van der Waals surface area contributed by atoms with Crippen molar-refractivity contribution in [1.82, 2.24) is 0 Å². The van der Waals surface area contributed by atoms with E-state index >= 15 is 0 Å². The standard InChI is InChI=1S/C12H15Br/c1-2-3-4-11-5-7-12(8-6-11)9-10-13/h5-10H,2-4H2,1H3. The van der Waals surface area contributed by atoms with Crippen LogP contribution in [0.1, 0.15) is 30.9 Å². The van der Waals surface area contributed by atoms with Crippen LogP contribution in [0.5, 0.6) is 0 Å². The molecule has 0 aliphatic rings. The van der Waals surface area contributed by atoms with Crippen LogP contribution in [0.3, 0.4) is 0 Å². The summed E-state index contributed by atoms with van der Waals surface area (Å²) >= 11 is 3.27. The highest BCUT2D eigenvalue weighted by molar-refractivity contribution is 9.11. The third-order valence-corrected chi connectivity index (χ3v) is 2.32. The molecule has 0 radical (unpaired) electrons. The molecule has 0 aromatic heterocycles. The van der Waals surface area contributed by atoms with Crippen LogP contribution in [0.25, 0.3) is 6.08 Å². The molecule has 0 amide bonds. The molecule has 0 saturated carbocycles. The Hall–Kier alpha value is -0.560. The van der Waals surface area contributed by atoms with E-state index in [1.54, 1.807) is 0 Å². The summed E-state index contributed by atoms with van der Waals surface area (Å²) in [6.45, 7) is 2.22. The molecule has 0 fully saturated rings. The molecule has 0 saturated heterocycles. The van der Waals surface area contributed by atoms with Gasteiger partial charge in [0.2, 0.25) is 0 Å². The fraction of sp³-hybridized carbons (Fsp3) is 0.333. The highest BCUT2D eigenvalue weighted by atomic mass is 79.9. The van der Waals surface area contributed by atoms with Crippen molar-refractivity contribution in [3.63, 3.8) is 0 Å². The number of unbranched alkanes of at least 4 members (excludes halogenated alkanes) is 1. The van der Waals surface area contributed by atoms with Crippen LogP contribution in [0.4, 0.5) is 0 Å². The molecule has 0 unspecified atom stereocenters. The Bertz CT molecular complexity index is 259. The molecule has 0 bridgehead atoms. The highest BCUT2D eigenvalue weighted by Gasteiger charge is 1.91. The first-order valence-corrected chi connectivity index (χ1v) is 5.64. The maximum absolute atomic E-state index is 3.27. The summed E-state index contributed by atoms with van der Waals surface area (Å²) < 4.78 is 0. The fourth-order valence-corrected chi connectivity index (χ4v) is 1.55. The van der Waals surface area contributed by atoms with Gasteiger partial charge in [-0.1, -0.05) is 53.5 Å². The Morgan fingerprint density at radius 3 is 2.46 bits per heavy atom. The Labute approximate surface area is 88.8 Å². The smallest absolute Gasteiger partial charge is 0.0183 e. The zero-order valence-corrected chi connectivity index (χ0v) is 9.55. The minimum absolute atomic E-state index is 1.20. The topological polar surface area (TPSA) is 0 Å². The second-order valence-corrected chi connectivity index (χ2v) is 3.67. The maximum Gasteiger partial charge on any atom is -0.0183 e. The molecule has 0 atom stereocenters. The third-order valence-electron chi connectivity index (χ3n) is 2.05. The molecule has 0 spiro atoms. The van der Waals surface area contributed by atoms with Crippen LogP contribution < -0.4 is 0 Å². The van der Waals surface area contributed by atoms with Crippen molar-refractivity contribution in [3.8, 4) is 0 Å². The minimum Gasteiger partial charge on any atom is -0.0654 e. The molecule has 1 aromatic rings. The Morgan fingerprint density at radius 2 is 1.92 bits per heavy atom. The average molecular weight is 239 g/mol. The summed E-state index contributed by atoms with van der Waals surface area (Å²) in [5.74, 6) is 0. The first-order valence-electron chi connectivity index (χ1n) is 4.72.